The highest BCUT2D eigenvalue weighted by atomic mass is 16.2. The summed E-state index contributed by atoms with van der Waals surface area (Å²) in [6.07, 6.45) is 2.57. The van der Waals surface area contributed by atoms with Crippen LogP contribution in [-0.4, -0.2) is 40.3 Å². The van der Waals surface area contributed by atoms with Crippen molar-refractivity contribution in [2.75, 3.05) is 19.6 Å². The van der Waals surface area contributed by atoms with Gasteiger partial charge < -0.3 is 10.2 Å². The minimum atomic E-state index is 0.00664. The SMILES string of the molecule is CCN(CC)C(=O)NCCc1ccnn1C. The van der Waals surface area contributed by atoms with Crippen LogP contribution in [-0.2, 0) is 13.5 Å². The van der Waals surface area contributed by atoms with Crippen LogP contribution in [0.2, 0.25) is 0 Å². The summed E-state index contributed by atoms with van der Waals surface area (Å²) < 4.78 is 1.82. The Hall–Kier alpha value is -1.52. The van der Waals surface area contributed by atoms with Crippen molar-refractivity contribution in [2.24, 2.45) is 7.05 Å². The molecule has 1 heterocycles. The maximum absolute atomic E-state index is 11.6. The standard InChI is InChI=1S/C11H20N4O/c1-4-15(5-2)11(16)12-8-6-10-7-9-13-14(10)3/h7,9H,4-6,8H2,1-3H3,(H,12,16). The lowest BCUT2D eigenvalue weighted by Crippen LogP contribution is -2.40. The molecule has 1 N–H and O–H groups in total. The lowest BCUT2D eigenvalue weighted by molar-refractivity contribution is 0.203. The number of urea groups is 1. The Bertz CT molecular complexity index is 330. The fourth-order valence-electron chi connectivity index (χ4n) is 1.57. The molecule has 0 saturated carbocycles. The van der Waals surface area contributed by atoms with E-state index in [1.54, 1.807) is 11.1 Å². The third-order valence-electron chi connectivity index (χ3n) is 2.63. The van der Waals surface area contributed by atoms with E-state index in [9.17, 15) is 4.79 Å². The van der Waals surface area contributed by atoms with Crippen molar-refractivity contribution >= 4 is 6.03 Å². The second kappa shape index (κ2) is 6.15. The third-order valence-corrected chi connectivity index (χ3v) is 2.63. The van der Waals surface area contributed by atoms with Crippen LogP contribution >= 0.6 is 0 Å². The van der Waals surface area contributed by atoms with E-state index in [1.807, 2.05) is 31.6 Å². The zero-order valence-corrected chi connectivity index (χ0v) is 10.2. The number of carbonyl (C=O) groups excluding carboxylic acids is 1. The smallest absolute Gasteiger partial charge is 0.317 e. The summed E-state index contributed by atoms with van der Waals surface area (Å²) in [7, 11) is 1.90. The number of rotatable bonds is 5. The first kappa shape index (κ1) is 12.5. The van der Waals surface area contributed by atoms with Gasteiger partial charge in [0.15, 0.2) is 0 Å². The van der Waals surface area contributed by atoms with Gasteiger partial charge in [-0.05, 0) is 19.9 Å². The maximum Gasteiger partial charge on any atom is 0.317 e. The van der Waals surface area contributed by atoms with E-state index in [4.69, 9.17) is 0 Å². The Morgan fingerprint density at radius 3 is 2.69 bits per heavy atom. The fourth-order valence-corrected chi connectivity index (χ4v) is 1.57. The van der Waals surface area contributed by atoms with E-state index in [-0.39, 0.29) is 6.03 Å². The summed E-state index contributed by atoms with van der Waals surface area (Å²) in [5.74, 6) is 0. The number of hydrogen-bond donors (Lipinski definition) is 1. The number of aryl methyl sites for hydroxylation is 1. The first-order chi connectivity index (χ1) is 7.69. The monoisotopic (exact) mass is 224 g/mol. The molecule has 0 aromatic carbocycles. The van der Waals surface area contributed by atoms with Gasteiger partial charge in [-0.2, -0.15) is 5.10 Å². The average Bonchev–Trinajstić information content (AvgIpc) is 2.66. The summed E-state index contributed by atoms with van der Waals surface area (Å²) >= 11 is 0. The largest absolute Gasteiger partial charge is 0.338 e. The van der Waals surface area contributed by atoms with E-state index in [0.717, 1.165) is 25.2 Å². The second-order valence-electron chi connectivity index (χ2n) is 3.60. The van der Waals surface area contributed by atoms with Crippen LogP contribution in [0.1, 0.15) is 19.5 Å². The Morgan fingerprint density at radius 1 is 1.50 bits per heavy atom. The van der Waals surface area contributed by atoms with Crippen LogP contribution in [0.3, 0.4) is 0 Å². The van der Waals surface area contributed by atoms with Crippen LogP contribution in [0.4, 0.5) is 4.79 Å². The van der Waals surface area contributed by atoms with E-state index in [1.165, 1.54) is 0 Å². The highest BCUT2D eigenvalue weighted by Gasteiger charge is 2.08. The highest BCUT2D eigenvalue weighted by Crippen LogP contribution is 1.96. The first-order valence-electron chi connectivity index (χ1n) is 5.68. The quantitative estimate of drug-likeness (QED) is 0.811. The first-order valence-corrected chi connectivity index (χ1v) is 5.68. The lowest BCUT2D eigenvalue weighted by atomic mass is 10.3. The van der Waals surface area contributed by atoms with Crippen LogP contribution < -0.4 is 5.32 Å². The third kappa shape index (κ3) is 3.25. The Morgan fingerprint density at radius 2 is 2.19 bits per heavy atom. The molecule has 90 valence electrons. The van der Waals surface area contributed by atoms with E-state index < -0.39 is 0 Å². The van der Waals surface area contributed by atoms with Gasteiger partial charge in [-0.25, -0.2) is 4.79 Å². The molecule has 0 radical (unpaired) electrons. The molecular formula is C11H20N4O. The van der Waals surface area contributed by atoms with Crippen molar-refractivity contribution in [3.8, 4) is 0 Å². The van der Waals surface area contributed by atoms with Crippen molar-refractivity contribution in [3.63, 3.8) is 0 Å². The van der Waals surface area contributed by atoms with Crippen molar-refractivity contribution < 1.29 is 4.79 Å². The van der Waals surface area contributed by atoms with Crippen LogP contribution in [0, 0.1) is 0 Å². The van der Waals surface area contributed by atoms with Crippen molar-refractivity contribution in [3.05, 3.63) is 18.0 Å². The molecule has 0 unspecified atom stereocenters. The molecule has 0 spiro atoms. The van der Waals surface area contributed by atoms with Gasteiger partial charge in [0, 0.05) is 45.0 Å². The summed E-state index contributed by atoms with van der Waals surface area (Å²) in [6.45, 7) is 6.09. The van der Waals surface area contributed by atoms with Crippen LogP contribution in [0.5, 0.6) is 0 Å². The topological polar surface area (TPSA) is 50.2 Å². The van der Waals surface area contributed by atoms with Crippen LogP contribution in [0.15, 0.2) is 12.3 Å². The summed E-state index contributed by atoms with van der Waals surface area (Å²) in [4.78, 5) is 13.4. The Kier molecular flexibility index (Phi) is 4.82. The van der Waals surface area contributed by atoms with Gasteiger partial charge in [0.25, 0.3) is 0 Å². The predicted octanol–water partition coefficient (Wildman–Crippen LogP) is 1.01. The molecule has 16 heavy (non-hydrogen) atoms. The van der Waals surface area contributed by atoms with Crippen molar-refractivity contribution in [1.82, 2.24) is 20.0 Å². The molecule has 0 aliphatic rings. The van der Waals surface area contributed by atoms with E-state index >= 15 is 0 Å². The molecule has 1 aromatic rings. The molecule has 0 fully saturated rings. The molecule has 1 rings (SSSR count). The van der Waals surface area contributed by atoms with Gasteiger partial charge in [-0.1, -0.05) is 0 Å². The van der Waals surface area contributed by atoms with Gasteiger partial charge in [-0.15, -0.1) is 0 Å². The minimum Gasteiger partial charge on any atom is -0.338 e. The summed E-state index contributed by atoms with van der Waals surface area (Å²) in [6, 6.07) is 1.97. The zero-order valence-electron chi connectivity index (χ0n) is 10.2. The number of carbonyl (C=O) groups is 1. The van der Waals surface area contributed by atoms with Crippen molar-refractivity contribution in [2.45, 2.75) is 20.3 Å². The Balaban J connectivity index is 2.30. The fraction of sp³-hybridized carbons (Fsp3) is 0.636. The predicted molar refractivity (Wildman–Crippen MR) is 63.2 cm³/mol. The normalized spacial score (nSPS) is 10.2. The van der Waals surface area contributed by atoms with Crippen LogP contribution in [0.25, 0.3) is 0 Å². The molecule has 5 nitrogen and oxygen atoms in total. The number of nitrogens with one attached hydrogen (secondary N) is 1. The number of hydrogen-bond acceptors (Lipinski definition) is 2. The molecule has 2 amide bonds. The minimum absolute atomic E-state index is 0.00664. The van der Waals surface area contributed by atoms with Gasteiger partial charge >= 0.3 is 6.03 Å². The molecular weight excluding hydrogens is 204 g/mol. The van der Waals surface area contributed by atoms with Gasteiger partial charge in [0.2, 0.25) is 0 Å². The van der Waals surface area contributed by atoms with Gasteiger partial charge in [0.05, 0.1) is 0 Å². The number of amides is 2. The maximum atomic E-state index is 11.6. The van der Waals surface area contributed by atoms with E-state index in [0.29, 0.717) is 6.54 Å². The molecule has 0 saturated heterocycles. The molecule has 0 aliphatic heterocycles. The average molecular weight is 224 g/mol. The lowest BCUT2D eigenvalue weighted by Gasteiger charge is -2.19. The summed E-state index contributed by atoms with van der Waals surface area (Å²) in [5, 5.41) is 6.97. The van der Waals surface area contributed by atoms with Crippen molar-refractivity contribution in [1.29, 1.82) is 0 Å². The molecule has 0 bridgehead atoms. The highest BCUT2D eigenvalue weighted by molar-refractivity contribution is 5.74. The van der Waals surface area contributed by atoms with Gasteiger partial charge in [-0.3, -0.25) is 4.68 Å². The summed E-state index contributed by atoms with van der Waals surface area (Å²) in [5.41, 5.74) is 1.12. The Labute approximate surface area is 96.4 Å². The number of nitrogens with zero attached hydrogens (tertiary/aromatic N) is 3. The number of aromatic nitrogens is 2. The molecule has 0 atom stereocenters. The van der Waals surface area contributed by atoms with E-state index in [2.05, 4.69) is 10.4 Å². The molecule has 5 heteroatoms. The molecule has 1 aromatic heterocycles. The molecule has 0 aliphatic carbocycles. The zero-order chi connectivity index (χ0) is 12.0. The second-order valence-corrected chi connectivity index (χ2v) is 3.60. The van der Waals surface area contributed by atoms with Gasteiger partial charge in [0.1, 0.15) is 0 Å².